The summed E-state index contributed by atoms with van der Waals surface area (Å²) in [6.45, 7) is -0.236. The van der Waals surface area contributed by atoms with E-state index in [-0.39, 0.29) is 37.0 Å². The van der Waals surface area contributed by atoms with Gasteiger partial charge in [0.15, 0.2) is 0 Å². The van der Waals surface area contributed by atoms with E-state index in [0.717, 1.165) is 16.8 Å². The second kappa shape index (κ2) is 10.8. The molecule has 33 heavy (non-hydrogen) atoms. The van der Waals surface area contributed by atoms with E-state index in [1.54, 1.807) is 24.5 Å². The molecular weight excluding hydrogens is 418 g/mol. The molecule has 170 valence electrons. The summed E-state index contributed by atoms with van der Waals surface area (Å²) in [5.41, 5.74) is 3.42. The fourth-order valence-electron chi connectivity index (χ4n) is 4.00. The van der Waals surface area contributed by atoms with Gasteiger partial charge in [-0.05, 0) is 48.2 Å². The van der Waals surface area contributed by atoms with Gasteiger partial charge in [-0.3, -0.25) is 14.6 Å². The molecule has 0 radical (unpaired) electrons. The highest BCUT2D eigenvalue weighted by atomic mass is 16.5. The Bertz CT molecular complexity index is 1060. The first-order valence-electron chi connectivity index (χ1n) is 11.0. The first-order valence-corrected chi connectivity index (χ1v) is 11.0. The second-order valence-corrected chi connectivity index (χ2v) is 8.07. The van der Waals surface area contributed by atoms with Gasteiger partial charge < -0.3 is 20.5 Å². The van der Waals surface area contributed by atoms with E-state index in [4.69, 9.17) is 4.74 Å². The highest BCUT2D eigenvalue weighted by Crippen LogP contribution is 2.24. The van der Waals surface area contributed by atoms with Gasteiger partial charge in [0.25, 0.3) is 5.91 Å². The van der Waals surface area contributed by atoms with Gasteiger partial charge >= 0.3 is 0 Å². The molecule has 2 amide bonds. The fourth-order valence-corrected chi connectivity index (χ4v) is 4.00. The lowest BCUT2D eigenvalue weighted by Crippen LogP contribution is -2.51. The van der Waals surface area contributed by atoms with Gasteiger partial charge in [-0.2, -0.15) is 0 Å². The topological polar surface area (TPSA) is 101 Å². The Balaban J connectivity index is 1.28. The van der Waals surface area contributed by atoms with Crippen LogP contribution in [0, 0.1) is 0 Å². The molecular formula is C26H27N3O4. The van der Waals surface area contributed by atoms with E-state index < -0.39 is 6.10 Å². The van der Waals surface area contributed by atoms with Crippen molar-refractivity contribution in [2.45, 2.75) is 37.5 Å². The lowest BCUT2D eigenvalue weighted by atomic mass is 9.96. The standard InChI is InChI=1S/C26H27N3O4/c30-17-24-23(29-26(32)20-12-14-27-15-13-20)11-10-22(33-24)16-25(31)28-21-8-6-19(7-9-21)18-4-2-1-3-5-18/h1-9,12-15,22-24,30H,10-11,16-17H2,(H,28,31)(H,29,32)/t22-,23-,24+/m1/s1. The number of hydrogen-bond acceptors (Lipinski definition) is 5. The van der Waals surface area contributed by atoms with Gasteiger partial charge in [-0.1, -0.05) is 42.5 Å². The third kappa shape index (κ3) is 6.03. The monoisotopic (exact) mass is 445 g/mol. The van der Waals surface area contributed by atoms with Gasteiger partial charge in [0.1, 0.15) is 6.10 Å². The molecule has 3 aromatic rings. The summed E-state index contributed by atoms with van der Waals surface area (Å²) in [5, 5.41) is 15.6. The molecule has 7 nitrogen and oxygen atoms in total. The molecule has 1 aliphatic rings. The molecule has 4 rings (SSSR count). The van der Waals surface area contributed by atoms with Crippen molar-refractivity contribution in [3.63, 3.8) is 0 Å². The molecule has 1 fully saturated rings. The summed E-state index contributed by atoms with van der Waals surface area (Å²) in [6.07, 6.45) is 3.64. The molecule has 1 aromatic heterocycles. The minimum atomic E-state index is -0.563. The van der Waals surface area contributed by atoms with Crippen LogP contribution in [0.5, 0.6) is 0 Å². The number of carbonyl (C=O) groups excluding carboxylic acids is 2. The van der Waals surface area contributed by atoms with Crippen LogP contribution in [0.4, 0.5) is 5.69 Å². The quantitative estimate of drug-likeness (QED) is 0.517. The Morgan fingerprint density at radius 3 is 2.33 bits per heavy atom. The lowest BCUT2D eigenvalue weighted by molar-refractivity contribution is -0.126. The van der Waals surface area contributed by atoms with Gasteiger partial charge in [-0.15, -0.1) is 0 Å². The first-order chi connectivity index (χ1) is 16.1. The predicted octanol–water partition coefficient (Wildman–Crippen LogP) is 3.42. The smallest absolute Gasteiger partial charge is 0.251 e. The molecule has 3 N–H and O–H groups in total. The van der Waals surface area contributed by atoms with Crippen molar-refractivity contribution >= 4 is 17.5 Å². The molecule has 2 aromatic carbocycles. The largest absolute Gasteiger partial charge is 0.394 e. The zero-order valence-electron chi connectivity index (χ0n) is 18.2. The van der Waals surface area contributed by atoms with Crippen molar-refractivity contribution in [3.05, 3.63) is 84.7 Å². The van der Waals surface area contributed by atoms with Crippen LogP contribution in [0.15, 0.2) is 79.1 Å². The number of anilines is 1. The Morgan fingerprint density at radius 1 is 0.939 bits per heavy atom. The number of aromatic nitrogens is 1. The van der Waals surface area contributed by atoms with E-state index in [1.165, 1.54) is 0 Å². The number of ether oxygens (including phenoxy) is 1. The number of benzene rings is 2. The Morgan fingerprint density at radius 2 is 1.64 bits per heavy atom. The molecule has 0 aliphatic carbocycles. The summed E-state index contributed by atoms with van der Waals surface area (Å²) < 4.78 is 5.93. The number of pyridine rings is 1. The first kappa shape index (κ1) is 22.6. The van der Waals surface area contributed by atoms with Crippen LogP contribution in [-0.2, 0) is 9.53 Å². The van der Waals surface area contributed by atoms with Crippen molar-refractivity contribution in [2.24, 2.45) is 0 Å². The van der Waals surface area contributed by atoms with Crippen LogP contribution in [0.1, 0.15) is 29.6 Å². The average Bonchev–Trinajstić information content (AvgIpc) is 2.86. The third-order valence-electron chi connectivity index (χ3n) is 5.74. The maximum Gasteiger partial charge on any atom is 0.251 e. The second-order valence-electron chi connectivity index (χ2n) is 8.07. The van der Waals surface area contributed by atoms with Crippen LogP contribution >= 0.6 is 0 Å². The van der Waals surface area contributed by atoms with Crippen molar-refractivity contribution in [3.8, 4) is 11.1 Å². The summed E-state index contributed by atoms with van der Waals surface area (Å²) in [6, 6.07) is 20.7. The minimum Gasteiger partial charge on any atom is -0.394 e. The van der Waals surface area contributed by atoms with E-state index in [9.17, 15) is 14.7 Å². The number of amides is 2. The van der Waals surface area contributed by atoms with Crippen LogP contribution in [0.3, 0.4) is 0 Å². The van der Waals surface area contributed by atoms with Crippen LogP contribution in [-0.4, -0.2) is 46.8 Å². The normalized spacial score (nSPS) is 20.1. The molecule has 0 unspecified atom stereocenters. The molecule has 0 spiro atoms. The van der Waals surface area contributed by atoms with Crippen molar-refractivity contribution in [1.29, 1.82) is 0 Å². The number of nitrogens with one attached hydrogen (secondary N) is 2. The zero-order chi connectivity index (χ0) is 23.0. The van der Waals surface area contributed by atoms with Crippen LogP contribution < -0.4 is 10.6 Å². The molecule has 1 aliphatic heterocycles. The molecule has 1 saturated heterocycles. The predicted molar refractivity (Wildman–Crippen MR) is 126 cm³/mol. The number of carbonyl (C=O) groups is 2. The lowest BCUT2D eigenvalue weighted by Gasteiger charge is -2.36. The maximum atomic E-state index is 12.5. The highest BCUT2D eigenvalue weighted by molar-refractivity contribution is 5.94. The summed E-state index contributed by atoms with van der Waals surface area (Å²) in [5.74, 6) is -0.386. The number of aliphatic hydroxyl groups excluding tert-OH is 1. The fraction of sp³-hybridized carbons (Fsp3) is 0.269. The highest BCUT2D eigenvalue weighted by Gasteiger charge is 2.33. The van der Waals surface area contributed by atoms with Crippen LogP contribution in [0.25, 0.3) is 11.1 Å². The number of hydrogen-bond donors (Lipinski definition) is 3. The van der Waals surface area contributed by atoms with Crippen molar-refractivity contribution in [1.82, 2.24) is 10.3 Å². The number of aliphatic hydroxyl groups is 1. The Kier molecular flexibility index (Phi) is 7.44. The van der Waals surface area contributed by atoms with Gasteiger partial charge in [0, 0.05) is 23.6 Å². The summed E-state index contributed by atoms with van der Waals surface area (Å²) >= 11 is 0. The Hall–Kier alpha value is -3.55. The van der Waals surface area contributed by atoms with E-state index in [0.29, 0.717) is 18.4 Å². The van der Waals surface area contributed by atoms with E-state index in [1.807, 2.05) is 54.6 Å². The Labute approximate surface area is 192 Å². The van der Waals surface area contributed by atoms with Crippen molar-refractivity contribution < 1.29 is 19.4 Å². The molecule has 0 saturated carbocycles. The average molecular weight is 446 g/mol. The summed E-state index contributed by atoms with van der Waals surface area (Å²) in [7, 11) is 0. The zero-order valence-corrected chi connectivity index (χ0v) is 18.2. The van der Waals surface area contributed by atoms with Crippen LogP contribution in [0.2, 0.25) is 0 Å². The van der Waals surface area contributed by atoms with Crippen molar-refractivity contribution in [2.75, 3.05) is 11.9 Å². The van der Waals surface area contributed by atoms with Gasteiger partial charge in [0.2, 0.25) is 5.91 Å². The third-order valence-corrected chi connectivity index (χ3v) is 5.74. The molecule has 7 heteroatoms. The number of nitrogens with zero attached hydrogens (tertiary/aromatic N) is 1. The molecule has 0 bridgehead atoms. The number of rotatable bonds is 7. The maximum absolute atomic E-state index is 12.5. The summed E-state index contributed by atoms with van der Waals surface area (Å²) in [4.78, 5) is 28.9. The molecule has 3 atom stereocenters. The van der Waals surface area contributed by atoms with E-state index >= 15 is 0 Å². The molecule has 2 heterocycles. The van der Waals surface area contributed by atoms with E-state index in [2.05, 4.69) is 15.6 Å². The van der Waals surface area contributed by atoms with Gasteiger partial charge in [-0.25, -0.2) is 0 Å². The van der Waals surface area contributed by atoms with Gasteiger partial charge in [0.05, 0.1) is 25.2 Å². The minimum absolute atomic E-state index is 0.150. The SMILES string of the molecule is O=C(C[C@H]1CC[C@@H](NC(=O)c2ccncc2)[C@H](CO)O1)Nc1ccc(-c2ccccc2)cc1.